The number of alkyl halides is 2. The Morgan fingerprint density at radius 1 is 1.13 bits per heavy atom. The second-order valence-electron chi connectivity index (χ2n) is 5.49. The fraction of sp³-hybridized carbons (Fsp3) is 0.375. The number of hydrogen-bond donors (Lipinski definition) is 1. The van der Waals surface area contributed by atoms with E-state index in [1.54, 1.807) is 24.5 Å². The Morgan fingerprint density at radius 2 is 1.87 bits per heavy atom. The summed E-state index contributed by atoms with van der Waals surface area (Å²) in [6, 6.07) is 4.25. The number of hydrogen-bond acceptors (Lipinski definition) is 5. The molecule has 0 radical (unpaired) electrons. The van der Waals surface area contributed by atoms with Gasteiger partial charge in [-0.3, -0.25) is 0 Å². The van der Waals surface area contributed by atoms with E-state index in [0.29, 0.717) is 18.1 Å². The Hall–Kier alpha value is -2.28. The Bertz CT molecular complexity index is 651. The van der Waals surface area contributed by atoms with Crippen LogP contribution in [0, 0.1) is 5.92 Å². The Morgan fingerprint density at radius 3 is 2.52 bits per heavy atom. The fourth-order valence-corrected chi connectivity index (χ4v) is 2.18. The largest absolute Gasteiger partial charge is 0.489 e. The molecule has 23 heavy (non-hydrogen) atoms. The lowest BCUT2D eigenvalue weighted by Crippen LogP contribution is -2.13. The molecule has 0 bridgehead atoms. The van der Waals surface area contributed by atoms with E-state index < -0.39 is 12.7 Å². The summed E-state index contributed by atoms with van der Waals surface area (Å²) in [6.45, 7) is -2.41. The van der Waals surface area contributed by atoms with Crippen molar-refractivity contribution < 1.29 is 18.3 Å². The molecule has 2 aromatic rings. The second kappa shape index (κ2) is 6.87. The van der Waals surface area contributed by atoms with Gasteiger partial charge in [-0.15, -0.1) is 0 Å². The van der Waals surface area contributed by atoms with Crippen molar-refractivity contribution in [2.45, 2.75) is 25.5 Å². The maximum absolute atomic E-state index is 12.5. The van der Waals surface area contributed by atoms with Gasteiger partial charge in [0.15, 0.2) is 11.5 Å². The van der Waals surface area contributed by atoms with Crippen molar-refractivity contribution in [3.05, 3.63) is 48.0 Å². The van der Waals surface area contributed by atoms with Gasteiger partial charge in [-0.25, -0.2) is 9.97 Å². The lowest BCUT2D eigenvalue weighted by molar-refractivity contribution is -0.0515. The van der Waals surface area contributed by atoms with Crippen LogP contribution in [0.2, 0.25) is 0 Å². The zero-order chi connectivity index (χ0) is 16.2. The summed E-state index contributed by atoms with van der Waals surface area (Å²) >= 11 is 0. The maximum Gasteiger partial charge on any atom is 0.387 e. The third-order valence-corrected chi connectivity index (χ3v) is 3.65. The Kier molecular flexibility index (Phi) is 4.66. The first kappa shape index (κ1) is 15.6. The average Bonchev–Trinajstić information content (AvgIpc) is 3.38. The SMILES string of the molecule is NC(c1cncnc1)c1ccc(OC(F)F)c(OCC2CC2)c1. The van der Waals surface area contributed by atoms with Crippen LogP contribution in [0.5, 0.6) is 11.5 Å². The minimum atomic E-state index is -2.90. The lowest BCUT2D eigenvalue weighted by Gasteiger charge is -2.16. The highest BCUT2D eigenvalue weighted by molar-refractivity contribution is 5.45. The van der Waals surface area contributed by atoms with Crippen LogP contribution < -0.4 is 15.2 Å². The van der Waals surface area contributed by atoms with Crippen molar-refractivity contribution >= 4 is 0 Å². The first-order valence-electron chi connectivity index (χ1n) is 7.35. The van der Waals surface area contributed by atoms with Crippen molar-refractivity contribution in [3.63, 3.8) is 0 Å². The van der Waals surface area contributed by atoms with Crippen LogP contribution >= 0.6 is 0 Å². The summed E-state index contributed by atoms with van der Waals surface area (Å²) in [4.78, 5) is 7.86. The Labute approximate surface area is 132 Å². The molecule has 3 rings (SSSR count). The van der Waals surface area contributed by atoms with E-state index >= 15 is 0 Å². The summed E-state index contributed by atoms with van der Waals surface area (Å²) in [5.74, 6) is 0.789. The monoisotopic (exact) mass is 321 g/mol. The van der Waals surface area contributed by atoms with E-state index in [-0.39, 0.29) is 11.5 Å². The van der Waals surface area contributed by atoms with Crippen molar-refractivity contribution in [2.24, 2.45) is 11.7 Å². The van der Waals surface area contributed by atoms with Gasteiger partial charge in [0.1, 0.15) is 6.33 Å². The van der Waals surface area contributed by atoms with Crippen molar-refractivity contribution in [1.29, 1.82) is 0 Å². The van der Waals surface area contributed by atoms with Gasteiger partial charge in [-0.2, -0.15) is 8.78 Å². The summed E-state index contributed by atoms with van der Waals surface area (Å²) in [7, 11) is 0. The van der Waals surface area contributed by atoms with Gasteiger partial charge in [0.05, 0.1) is 12.6 Å². The highest BCUT2D eigenvalue weighted by Crippen LogP contribution is 2.35. The number of nitrogens with zero attached hydrogens (tertiary/aromatic N) is 2. The van der Waals surface area contributed by atoms with Gasteiger partial charge >= 0.3 is 6.61 Å². The predicted octanol–water partition coefficient (Wildman–Crippen LogP) is 2.91. The molecule has 1 atom stereocenters. The molecule has 0 aliphatic heterocycles. The standard InChI is InChI=1S/C16H17F2N3O2/c17-16(18)23-13-4-3-11(5-14(13)22-8-10-1-2-10)15(19)12-6-20-9-21-7-12/h3-7,9-10,15-16H,1-2,8,19H2. The molecule has 2 N–H and O–H groups in total. The summed E-state index contributed by atoms with van der Waals surface area (Å²) in [6.07, 6.45) is 6.86. The normalized spacial score (nSPS) is 15.5. The molecule has 1 aliphatic rings. The van der Waals surface area contributed by atoms with E-state index in [1.807, 2.05) is 0 Å². The number of benzene rings is 1. The van der Waals surface area contributed by atoms with Crippen LogP contribution in [0.25, 0.3) is 0 Å². The van der Waals surface area contributed by atoms with Crippen LogP contribution in [0.15, 0.2) is 36.9 Å². The number of aromatic nitrogens is 2. The Balaban J connectivity index is 1.83. The highest BCUT2D eigenvalue weighted by atomic mass is 19.3. The van der Waals surface area contributed by atoms with Gasteiger partial charge < -0.3 is 15.2 Å². The van der Waals surface area contributed by atoms with E-state index in [9.17, 15) is 8.78 Å². The molecule has 1 aliphatic carbocycles. The molecule has 1 saturated carbocycles. The fourth-order valence-electron chi connectivity index (χ4n) is 2.18. The number of nitrogens with two attached hydrogens (primary N) is 1. The second-order valence-corrected chi connectivity index (χ2v) is 5.49. The first-order valence-corrected chi connectivity index (χ1v) is 7.35. The van der Waals surface area contributed by atoms with E-state index in [2.05, 4.69) is 14.7 Å². The summed E-state index contributed by atoms with van der Waals surface area (Å²) in [5.41, 5.74) is 7.62. The van der Waals surface area contributed by atoms with Crippen molar-refractivity contribution in [2.75, 3.05) is 6.61 Å². The summed E-state index contributed by atoms with van der Waals surface area (Å²) < 4.78 is 35.2. The zero-order valence-electron chi connectivity index (χ0n) is 12.4. The molecule has 5 nitrogen and oxygen atoms in total. The van der Waals surface area contributed by atoms with Crippen molar-refractivity contribution in [3.8, 4) is 11.5 Å². The van der Waals surface area contributed by atoms with Crippen LogP contribution in [0.3, 0.4) is 0 Å². The third-order valence-electron chi connectivity index (χ3n) is 3.65. The van der Waals surface area contributed by atoms with Crippen LogP contribution in [0.1, 0.15) is 30.0 Å². The molecule has 0 amide bonds. The van der Waals surface area contributed by atoms with Gasteiger partial charge in [0.2, 0.25) is 0 Å². The maximum atomic E-state index is 12.5. The molecular formula is C16H17F2N3O2. The van der Waals surface area contributed by atoms with Crippen LogP contribution in [-0.4, -0.2) is 23.2 Å². The van der Waals surface area contributed by atoms with Gasteiger partial charge in [0.25, 0.3) is 0 Å². The smallest absolute Gasteiger partial charge is 0.387 e. The minimum absolute atomic E-state index is 0.0147. The van der Waals surface area contributed by atoms with Gasteiger partial charge in [-0.05, 0) is 36.5 Å². The predicted molar refractivity (Wildman–Crippen MR) is 79.4 cm³/mol. The quantitative estimate of drug-likeness (QED) is 0.849. The average molecular weight is 321 g/mol. The molecule has 1 fully saturated rings. The molecule has 0 saturated heterocycles. The van der Waals surface area contributed by atoms with Gasteiger partial charge in [-0.1, -0.05) is 6.07 Å². The van der Waals surface area contributed by atoms with Crippen molar-refractivity contribution in [1.82, 2.24) is 9.97 Å². The van der Waals surface area contributed by atoms with E-state index in [4.69, 9.17) is 10.5 Å². The minimum Gasteiger partial charge on any atom is -0.489 e. The number of ether oxygens (including phenoxy) is 2. The molecule has 122 valence electrons. The first-order chi connectivity index (χ1) is 11.1. The molecule has 0 spiro atoms. The van der Waals surface area contributed by atoms with Crippen LogP contribution in [-0.2, 0) is 0 Å². The molecule has 1 aromatic heterocycles. The lowest BCUT2D eigenvalue weighted by atomic mass is 10.0. The zero-order valence-corrected chi connectivity index (χ0v) is 12.4. The molecule has 1 heterocycles. The molecule has 7 heteroatoms. The highest BCUT2D eigenvalue weighted by Gasteiger charge is 2.23. The molecular weight excluding hydrogens is 304 g/mol. The summed E-state index contributed by atoms with van der Waals surface area (Å²) in [5, 5.41) is 0. The molecule has 1 aromatic carbocycles. The molecule has 1 unspecified atom stereocenters. The third kappa shape index (κ3) is 4.13. The van der Waals surface area contributed by atoms with E-state index in [0.717, 1.165) is 18.4 Å². The number of halogens is 2. The number of rotatable bonds is 7. The van der Waals surface area contributed by atoms with E-state index in [1.165, 1.54) is 12.4 Å². The topological polar surface area (TPSA) is 70.3 Å². The van der Waals surface area contributed by atoms with Crippen LogP contribution in [0.4, 0.5) is 8.78 Å². The van der Waals surface area contributed by atoms with Gasteiger partial charge in [0, 0.05) is 18.0 Å².